The van der Waals surface area contributed by atoms with Gasteiger partial charge in [-0.25, -0.2) is 9.07 Å². The highest BCUT2D eigenvalue weighted by atomic mass is 19.1. The fourth-order valence-corrected chi connectivity index (χ4v) is 4.26. The molecule has 4 rings (SSSR count). The Morgan fingerprint density at radius 3 is 2.68 bits per heavy atom. The Bertz CT molecular complexity index is 1110. The van der Waals surface area contributed by atoms with Crippen LogP contribution in [0.2, 0.25) is 0 Å². The normalized spacial score (nSPS) is 15.6. The highest BCUT2D eigenvalue weighted by Crippen LogP contribution is 2.35. The molecule has 3 aromatic rings. The van der Waals surface area contributed by atoms with Gasteiger partial charge in [-0.15, -0.1) is 0 Å². The van der Waals surface area contributed by atoms with Crippen LogP contribution in [-0.4, -0.2) is 39.8 Å². The minimum Gasteiger partial charge on any atom is -0.438 e. The summed E-state index contributed by atoms with van der Waals surface area (Å²) in [5.74, 6) is 0.628. The molecule has 1 aliphatic rings. The number of amides is 1. The zero-order chi connectivity index (χ0) is 24.1. The largest absolute Gasteiger partial charge is 0.438 e. The van der Waals surface area contributed by atoms with Gasteiger partial charge in [0.05, 0.1) is 29.6 Å². The van der Waals surface area contributed by atoms with E-state index in [0.29, 0.717) is 31.1 Å². The van der Waals surface area contributed by atoms with E-state index in [1.807, 2.05) is 42.2 Å². The average molecular weight is 466 g/mol. The molecule has 1 saturated heterocycles. The maximum absolute atomic E-state index is 13.9. The summed E-state index contributed by atoms with van der Waals surface area (Å²) in [4.78, 5) is 14.8. The van der Waals surface area contributed by atoms with Gasteiger partial charge < -0.3 is 14.4 Å². The number of rotatable bonds is 9. The predicted molar refractivity (Wildman–Crippen MR) is 129 cm³/mol. The first-order valence-corrected chi connectivity index (χ1v) is 12.0. The van der Waals surface area contributed by atoms with Crippen LogP contribution in [0.25, 0.3) is 5.69 Å². The molecule has 0 saturated carbocycles. The Labute approximate surface area is 200 Å². The molecule has 2 aromatic carbocycles. The zero-order valence-corrected chi connectivity index (χ0v) is 20.0. The van der Waals surface area contributed by atoms with Gasteiger partial charge in [-0.3, -0.25) is 4.79 Å². The van der Waals surface area contributed by atoms with Gasteiger partial charge in [0, 0.05) is 25.6 Å². The molecule has 1 atom stereocenters. The van der Waals surface area contributed by atoms with Crippen molar-refractivity contribution < 1.29 is 18.7 Å². The van der Waals surface area contributed by atoms with E-state index >= 15 is 0 Å². The summed E-state index contributed by atoms with van der Waals surface area (Å²) in [6.45, 7) is 7.61. The van der Waals surface area contributed by atoms with Crippen LogP contribution in [0.15, 0.2) is 54.6 Å². The first-order chi connectivity index (χ1) is 16.5. The highest BCUT2D eigenvalue weighted by Gasteiger charge is 2.28. The van der Waals surface area contributed by atoms with Crippen molar-refractivity contribution in [3.05, 3.63) is 71.7 Å². The Kier molecular flexibility index (Phi) is 7.63. The average Bonchev–Trinajstić information content (AvgIpc) is 3.47. The number of para-hydroxylation sites is 1. The fourth-order valence-electron chi connectivity index (χ4n) is 4.26. The molecule has 0 aliphatic carbocycles. The number of carbonyl (C=O) groups excluding carboxylic acids is 1. The van der Waals surface area contributed by atoms with E-state index in [2.05, 4.69) is 13.8 Å². The lowest BCUT2D eigenvalue weighted by molar-refractivity contribution is -0.133. The maximum Gasteiger partial charge on any atom is 0.227 e. The van der Waals surface area contributed by atoms with Crippen molar-refractivity contribution in [2.45, 2.75) is 58.6 Å². The SMILES string of the molecule is CCC(=O)N(Cc1c(C(C)C)nn(-c2ccccc2)c1Oc1cccc(F)c1)CC1CCCO1. The topological polar surface area (TPSA) is 56.6 Å². The van der Waals surface area contributed by atoms with Crippen molar-refractivity contribution in [3.8, 4) is 17.3 Å². The molecule has 34 heavy (non-hydrogen) atoms. The first kappa shape index (κ1) is 24.0. The first-order valence-electron chi connectivity index (χ1n) is 12.0. The monoisotopic (exact) mass is 465 g/mol. The third-order valence-electron chi connectivity index (χ3n) is 5.98. The Balaban J connectivity index is 1.79. The molecule has 1 aromatic heterocycles. The third-order valence-corrected chi connectivity index (χ3v) is 5.98. The van der Waals surface area contributed by atoms with Gasteiger partial charge in [0.2, 0.25) is 11.8 Å². The lowest BCUT2D eigenvalue weighted by Gasteiger charge is -2.26. The third kappa shape index (κ3) is 5.47. The van der Waals surface area contributed by atoms with Crippen LogP contribution >= 0.6 is 0 Å². The molecular formula is C27H32FN3O3. The molecule has 1 aliphatic heterocycles. The second-order valence-electron chi connectivity index (χ2n) is 8.89. The van der Waals surface area contributed by atoms with Crippen LogP contribution in [0.3, 0.4) is 0 Å². The van der Waals surface area contributed by atoms with Gasteiger partial charge in [-0.2, -0.15) is 5.10 Å². The van der Waals surface area contributed by atoms with Crippen LogP contribution in [0.1, 0.15) is 57.2 Å². The van der Waals surface area contributed by atoms with Gasteiger partial charge in [0.1, 0.15) is 11.6 Å². The molecule has 0 spiro atoms. The maximum atomic E-state index is 13.9. The number of hydrogen-bond donors (Lipinski definition) is 0. The minimum absolute atomic E-state index is 0.0368. The van der Waals surface area contributed by atoms with Crippen molar-refractivity contribution in [2.75, 3.05) is 13.2 Å². The van der Waals surface area contributed by atoms with Crippen LogP contribution in [0.5, 0.6) is 11.6 Å². The molecule has 0 bridgehead atoms. The van der Waals surface area contributed by atoms with Gasteiger partial charge in [0.15, 0.2) is 0 Å². The molecule has 7 heteroatoms. The van der Waals surface area contributed by atoms with E-state index in [0.717, 1.165) is 36.4 Å². The molecule has 1 amide bonds. The van der Waals surface area contributed by atoms with Crippen molar-refractivity contribution in [1.29, 1.82) is 0 Å². The summed E-state index contributed by atoms with van der Waals surface area (Å²) < 4.78 is 27.8. The number of halogens is 1. The molecule has 6 nitrogen and oxygen atoms in total. The molecule has 0 N–H and O–H groups in total. The molecule has 180 valence electrons. The molecule has 1 fully saturated rings. The van der Waals surface area contributed by atoms with Crippen LogP contribution in [-0.2, 0) is 16.1 Å². The van der Waals surface area contributed by atoms with Crippen molar-refractivity contribution in [1.82, 2.24) is 14.7 Å². The summed E-state index contributed by atoms with van der Waals surface area (Å²) >= 11 is 0. The van der Waals surface area contributed by atoms with Crippen molar-refractivity contribution in [3.63, 3.8) is 0 Å². The molecule has 0 radical (unpaired) electrons. The predicted octanol–water partition coefficient (Wildman–Crippen LogP) is 5.84. The lowest BCUT2D eigenvalue weighted by atomic mass is 10.0. The molecule has 1 unspecified atom stereocenters. The zero-order valence-electron chi connectivity index (χ0n) is 20.0. The summed E-state index contributed by atoms with van der Waals surface area (Å²) in [5.41, 5.74) is 2.49. The van der Waals surface area contributed by atoms with E-state index in [1.165, 1.54) is 12.1 Å². The molecular weight excluding hydrogens is 433 g/mol. The number of aromatic nitrogens is 2. The highest BCUT2D eigenvalue weighted by molar-refractivity contribution is 5.76. The van der Waals surface area contributed by atoms with E-state index in [1.54, 1.807) is 16.8 Å². The smallest absolute Gasteiger partial charge is 0.227 e. The quantitative estimate of drug-likeness (QED) is 0.398. The van der Waals surface area contributed by atoms with E-state index < -0.39 is 0 Å². The summed E-state index contributed by atoms with van der Waals surface area (Å²) in [6.07, 6.45) is 2.39. The second-order valence-corrected chi connectivity index (χ2v) is 8.89. The van der Waals surface area contributed by atoms with Crippen molar-refractivity contribution in [2.24, 2.45) is 0 Å². The van der Waals surface area contributed by atoms with Crippen LogP contribution in [0, 0.1) is 5.82 Å². The van der Waals surface area contributed by atoms with Crippen LogP contribution in [0.4, 0.5) is 4.39 Å². The standard InChI is InChI=1S/C27H32FN3O3/c1-4-25(32)30(17-23-14-9-15-33-23)18-24-26(19(2)3)29-31(21-11-6-5-7-12-21)27(24)34-22-13-8-10-20(28)16-22/h5-8,10-13,16,19,23H,4,9,14-15,17-18H2,1-3H3. The second kappa shape index (κ2) is 10.8. The van der Waals surface area contributed by atoms with Gasteiger partial charge in [-0.1, -0.05) is 45.0 Å². The Hall–Kier alpha value is -3.19. The van der Waals surface area contributed by atoms with Crippen LogP contribution < -0.4 is 4.74 Å². The van der Waals surface area contributed by atoms with E-state index in [-0.39, 0.29) is 23.7 Å². The summed E-state index contributed by atoms with van der Waals surface area (Å²) in [7, 11) is 0. The van der Waals surface area contributed by atoms with Gasteiger partial charge >= 0.3 is 0 Å². The fraction of sp³-hybridized carbons (Fsp3) is 0.407. The Morgan fingerprint density at radius 1 is 1.24 bits per heavy atom. The number of benzene rings is 2. The van der Waals surface area contributed by atoms with E-state index in [9.17, 15) is 9.18 Å². The number of ether oxygens (including phenoxy) is 2. The minimum atomic E-state index is -0.380. The summed E-state index contributed by atoms with van der Waals surface area (Å²) in [5, 5.41) is 4.90. The van der Waals surface area contributed by atoms with Gasteiger partial charge in [0.25, 0.3) is 0 Å². The van der Waals surface area contributed by atoms with E-state index in [4.69, 9.17) is 14.6 Å². The van der Waals surface area contributed by atoms with Crippen molar-refractivity contribution >= 4 is 5.91 Å². The Morgan fingerprint density at radius 2 is 2.03 bits per heavy atom. The number of hydrogen-bond acceptors (Lipinski definition) is 4. The van der Waals surface area contributed by atoms with Gasteiger partial charge in [-0.05, 0) is 43.0 Å². The number of carbonyl (C=O) groups is 1. The summed E-state index contributed by atoms with van der Waals surface area (Å²) in [6, 6.07) is 15.7. The lowest BCUT2D eigenvalue weighted by Crippen LogP contribution is -2.36. The number of nitrogens with zero attached hydrogens (tertiary/aromatic N) is 3. The molecule has 2 heterocycles.